The molecular formula is C8H19NO3S. The van der Waals surface area contributed by atoms with Gasteiger partial charge in [-0.25, -0.2) is 8.42 Å². The molecular weight excluding hydrogens is 190 g/mol. The molecule has 2 atom stereocenters. The molecule has 80 valence electrons. The van der Waals surface area contributed by atoms with Gasteiger partial charge in [0.25, 0.3) is 0 Å². The lowest BCUT2D eigenvalue weighted by Gasteiger charge is -2.32. The van der Waals surface area contributed by atoms with Crippen molar-refractivity contribution in [1.82, 2.24) is 0 Å². The fraction of sp³-hybridized carbons (Fsp3) is 1.00. The molecule has 3 N–H and O–H groups in total. The second-order valence-corrected chi connectivity index (χ2v) is 6.63. The maximum absolute atomic E-state index is 11.3. The van der Waals surface area contributed by atoms with Crippen LogP contribution in [0.1, 0.15) is 20.8 Å². The van der Waals surface area contributed by atoms with Crippen LogP contribution in [-0.2, 0) is 9.84 Å². The van der Waals surface area contributed by atoms with Crippen LogP contribution in [0.3, 0.4) is 0 Å². The first kappa shape index (κ1) is 12.9. The summed E-state index contributed by atoms with van der Waals surface area (Å²) in [6.45, 7) is 5.04. The van der Waals surface area contributed by atoms with Crippen LogP contribution in [0.4, 0.5) is 0 Å². The molecule has 0 spiro atoms. The standard InChI is InChI=1S/C8H19NO3S/c1-6(5-9)7(10)8(2,3)13(4,11)12/h6-7,10H,5,9H2,1-4H3. The SMILES string of the molecule is CC(CN)C(O)C(C)(C)S(C)(=O)=O. The Morgan fingerprint density at radius 3 is 2.08 bits per heavy atom. The Balaban J connectivity index is 4.85. The minimum atomic E-state index is -3.26. The molecule has 2 unspecified atom stereocenters. The molecule has 0 saturated carbocycles. The Bertz CT molecular complexity index is 259. The van der Waals surface area contributed by atoms with E-state index in [2.05, 4.69) is 0 Å². The molecule has 0 aliphatic heterocycles. The molecule has 0 rings (SSSR count). The van der Waals surface area contributed by atoms with Gasteiger partial charge in [-0.15, -0.1) is 0 Å². The van der Waals surface area contributed by atoms with E-state index in [9.17, 15) is 13.5 Å². The Kier molecular flexibility index (Phi) is 3.90. The molecule has 0 amide bonds. The van der Waals surface area contributed by atoms with E-state index < -0.39 is 20.7 Å². The van der Waals surface area contributed by atoms with Crippen molar-refractivity contribution in [3.05, 3.63) is 0 Å². The van der Waals surface area contributed by atoms with Crippen molar-refractivity contribution in [2.45, 2.75) is 31.6 Å². The average molecular weight is 209 g/mol. The van der Waals surface area contributed by atoms with Gasteiger partial charge in [0.2, 0.25) is 0 Å². The van der Waals surface area contributed by atoms with Gasteiger partial charge < -0.3 is 10.8 Å². The lowest BCUT2D eigenvalue weighted by molar-refractivity contribution is 0.0875. The first-order valence-corrected chi connectivity index (χ1v) is 6.11. The van der Waals surface area contributed by atoms with E-state index in [1.165, 1.54) is 13.8 Å². The molecule has 4 nitrogen and oxygen atoms in total. The summed E-state index contributed by atoms with van der Waals surface area (Å²) in [6.07, 6.45) is 0.201. The van der Waals surface area contributed by atoms with Gasteiger partial charge in [0.15, 0.2) is 9.84 Å². The fourth-order valence-electron chi connectivity index (χ4n) is 1.03. The molecule has 0 radical (unpaired) electrons. The lowest BCUT2D eigenvalue weighted by atomic mass is 9.94. The van der Waals surface area contributed by atoms with Gasteiger partial charge in [0, 0.05) is 6.26 Å². The van der Waals surface area contributed by atoms with Crippen molar-refractivity contribution in [2.75, 3.05) is 12.8 Å². The number of sulfone groups is 1. The summed E-state index contributed by atoms with van der Waals surface area (Å²) < 4.78 is 21.5. The van der Waals surface area contributed by atoms with Gasteiger partial charge in [-0.05, 0) is 26.3 Å². The minimum absolute atomic E-state index is 0.218. The Morgan fingerprint density at radius 2 is 1.85 bits per heavy atom. The summed E-state index contributed by atoms with van der Waals surface area (Å²) in [4.78, 5) is 0. The summed E-state index contributed by atoms with van der Waals surface area (Å²) in [7, 11) is -3.26. The maximum Gasteiger partial charge on any atom is 0.155 e. The normalized spacial score (nSPS) is 18.3. The highest BCUT2D eigenvalue weighted by Gasteiger charge is 2.40. The first-order valence-electron chi connectivity index (χ1n) is 4.22. The van der Waals surface area contributed by atoms with E-state index in [0.717, 1.165) is 6.26 Å². The van der Waals surface area contributed by atoms with Crippen LogP contribution < -0.4 is 5.73 Å². The second kappa shape index (κ2) is 3.94. The van der Waals surface area contributed by atoms with Gasteiger partial charge >= 0.3 is 0 Å². The van der Waals surface area contributed by atoms with E-state index in [1.807, 2.05) is 0 Å². The Morgan fingerprint density at radius 1 is 1.46 bits per heavy atom. The first-order chi connectivity index (χ1) is 5.64. The largest absolute Gasteiger partial charge is 0.391 e. The van der Waals surface area contributed by atoms with Gasteiger partial charge in [0.1, 0.15) is 0 Å². The predicted molar refractivity (Wildman–Crippen MR) is 53.1 cm³/mol. The van der Waals surface area contributed by atoms with E-state index in [1.54, 1.807) is 6.92 Å². The fourth-order valence-corrected chi connectivity index (χ4v) is 1.70. The number of hydrogen-bond acceptors (Lipinski definition) is 4. The van der Waals surface area contributed by atoms with E-state index in [-0.39, 0.29) is 12.5 Å². The summed E-state index contributed by atoms with van der Waals surface area (Å²) >= 11 is 0. The van der Waals surface area contributed by atoms with Gasteiger partial charge in [-0.2, -0.15) is 0 Å². The number of nitrogens with two attached hydrogens (primary N) is 1. The third-order valence-electron chi connectivity index (χ3n) is 2.58. The predicted octanol–water partition coefficient (Wildman–Crippen LogP) is -0.235. The third kappa shape index (κ3) is 2.65. The van der Waals surface area contributed by atoms with Crippen molar-refractivity contribution in [3.63, 3.8) is 0 Å². The molecule has 0 aliphatic carbocycles. The summed E-state index contributed by atoms with van der Waals surface area (Å²) in [6, 6.07) is 0. The van der Waals surface area contributed by atoms with Crippen molar-refractivity contribution >= 4 is 9.84 Å². The molecule has 0 saturated heterocycles. The van der Waals surface area contributed by atoms with Gasteiger partial charge in [-0.3, -0.25) is 0 Å². The molecule has 5 heteroatoms. The Hall–Kier alpha value is -0.130. The van der Waals surface area contributed by atoms with Crippen LogP contribution in [-0.4, -0.2) is 37.2 Å². The number of aliphatic hydroxyl groups is 1. The lowest BCUT2D eigenvalue weighted by Crippen LogP contribution is -2.48. The van der Waals surface area contributed by atoms with E-state index in [0.29, 0.717) is 0 Å². The molecule has 13 heavy (non-hydrogen) atoms. The van der Waals surface area contributed by atoms with Crippen LogP contribution in [0.25, 0.3) is 0 Å². The number of rotatable bonds is 4. The highest BCUT2D eigenvalue weighted by atomic mass is 32.2. The zero-order chi connectivity index (χ0) is 10.9. The zero-order valence-electron chi connectivity index (χ0n) is 8.61. The molecule has 0 fully saturated rings. The minimum Gasteiger partial charge on any atom is -0.391 e. The summed E-state index contributed by atoms with van der Waals surface area (Å²) in [5, 5.41) is 9.72. The zero-order valence-corrected chi connectivity index (χ0v) is 9.43. The third-order valence-corrected chi connectivity index (χ3v) is 4.73. The van der Waals surface area contributed by atoms with Crippen LogP contribution in [0.5, 0.6) is 0 Å². The number of hydrogen-bond donors (Lipinski definition) is 2. The van der Waals surface area contributed by atoms with E-state index in [4.69, 9.17) is 5.73 Å². The molecule has 0 aromatic carbocycles. The van der Waals surface area contributed by atoms with Gasteiger partial charge in [-0.1, -0.05) is 6.92 Å². The van der Waals surface area contributed by atoms with Gasteiger partial charge in [0.05, 0.1) is 10.9 Å². The van der Waals surface area contributed by atoms with Crippen molar-refractivity contribution in [2.24, 2.45) is 11.7 Å². The highest BCUT2D eigenvalue weighted by molar-refractivity contribution is 7.92. The second-order valence-electron chi connectivity index (χ2n) is 4.03. The van der Waals surface area contributed by atoms with Crippen LogP contribution in [0.2, 0.25) is 0 Å². The van der Waals surface area contributed by atoms with Crippen molar-refractivity contribution in [1.29, 1.82) is 0 Å². The highest BCUT2D eigenvalue weighted by Crippen LogP contribution is 2.24. The smallest absolute Gasteiger partial charge is 0.155 e. The monoisotopic (exact) mass is 209 g/mol. The molecule has 0 aromatic heterocycles. The summed E-state index contributed by atoms with van der Waals surface area (Å²) in [5.41, 5.74) is 5.36. The molecule has 0 aliphatic rings. The van der Waals surface area contributed by atoms with Crippen LogP contribution in [0, 0.1) is 5.92 Å². The topological polar surface area (TPSA) is 80.4 Å². The molecule has 0 bridgehead atoms. The number of aliphatic hydroxyl groups excluding tert-OH is 1. The molecule has 0 aromatic rings. The van der Waals surface area contributed by atoms with Crippen molar-refractivity contribution in [3.8, 4) is 0 Å². The van der Waals surface area contributed by atoms with Crippen molar-refractivity contribution < 1.29 is 13.5 Å². The van der Waals surface area contributed by atoms with E-state index >= 15 is 0 Å². The maximum atomic E-state index is 11.3. The quantitative estimate of drug-likeness (QED) is 0.670. The Labute approximate surface area is 80.1 Å². The molecule has 0 heterocycles. The van der Waals surface area contributed by atoms with Crippen LogP contribution >= 0.6 is 0 Å². The average Bonchev–Trinajstić information content (AvgIpc) is 1.99. The van der Waals surface area contributed by atoms with Crippen LogP contribution in [0.15, 0.2) is 0 Å². The summed E-state index contributed by atoms with van der Waals surface area (Å²) in [5.74, 6) is -0.218.